The number of hydrogen-bond acceptors (Lipinski definition) is 4. The summed E-state index contributed by atoms with van der Waals surface area (Å²) in [5.41, 5.74) is 0.311. The second-order valence-electron chi connectivity index (χ2n) is 4.04. The molecule has 17 heavy (non-hydrogen) atoms. The van der Waals surface area contributed by atoms with Crippen LogP contribution in [0.2, 0.25) is 0 Å². The highest BCUT2D eigenvalue weighted by molar-refractivity contribution is 5.95. The second-order valence-corrected chi connectivity index (χ2v) is 4.04. The number of carbonyl (C=O) groups excluding carboxylic acids is 1. The van der Waals surface area contributed by atoms with Crippen LogP contribution in [-0.4, -0.2) is 55.5 Å². The highest BCUT2D eigenvalue weighted by atomic mass is 16.4. The maximum Gasteiger partial charge on any atom is 0.326 e. The number of β-amino-alcohol motifs (C(OH)–C–C–N with tert-alkyl or cyclic N) is 1. The van der Waals surface area contributed by atoms with E-state index in [4.69, 9.17) is 5.11 Å². The molecule has 1 aromatic rings. The number of carbonyl (C=O) groups is 2. The molecule has 2 unspecified atom stereocenters. The van der Waals surface area contributed by atoms with E-state index < -0.39 is 24.0 Å². The molecule has 2 N–H and O–H groups in total. The molecule has 1 fully saturated rings. The Hall–Kier alpha value is -1.89. The molecule has 2 heterocycles. The van der Waals surface area contributed by atoms with Gasteiger partial charge in [-0.3, -0.25) is 9.48 Å². The first-order valence-electron chi connectivity index (χ1n) is 5.20. The predicted octanol–water partition coefficient (Wildman–Crippen LogP) is -0.920. The van der Waals surface area contributed by atoms with Crippen molar-refractivity contribution >= 4 is 11.9 Å². The lowest BCUT2D eigenvalue weighted by molar-refractivity contribution is -0.141. The average Bonchev–Trinajstić information content (AvgIpc) is 2.83. The van der Waals surface area contributed by atoms with E-state index in [1.807, 2.05) is 0 Å². The van der Waals surface area contributed by atoms with Crippen LogP contribution in [0.25, 0.3) is 0 Å². The molecule has 2 rings (SSSR count). The molecule has 1 aliphatic rings. The zero-order valence-corrected chi connectivity index (χ0v) is 9.28. The Balaban J connectivity index is 2.25. The molecule has 92 valence electrons. The van der Waals surface area contributed by atoms with Crippen molar-refractivity contribution in [2.45, 2.75) is 18.6 Å². The van der Waals surface area contributed by atoms with E-state index in [9.17, 15) is 14.7 Å². The Morgan fingerprint density at radius 2 is 2.24 bits per heavy atom. The fourth-order valence-corrected chi connectivity index (χ4v) is 2.00. The number of likely N-dealkylation sites (tertiary alicyclic amines) is 1. The molecule has 0 spiro atoms. The van der Waals surface area contributed by atoms with Crippen molar-refractivity contribution in [2.24, 2.45) is 7.05 Å². The summed E-state index contributed by atoms with van der Waals surface area (Å²) in [4.78, 5) is 24.2. The molecule has 0 bridgehead atoms. The standard InChI is InChI=1S/C10H13N3O4/c1-12-7(2-3-11-12)9(15)13-5-6(14)4-8(13)10(16)17/h2-3,6,8,14H,4-5H2,1H3,(H,16,17). The first-order valence-corrected chi connectivity index (χ1v) is 5.20. The average molecular weight is 239 g/mol. The number of aliphatic carboxylic acids is 1. The minimum atomic E-state index is -1.10. The largest absolute Gasteiger partial charge is 0.480 e. The number of nitrogens with zero attached hydrogens (tertiary/aromatic N) is 3. The molecule has 0 saturated carbocycles. The Kier molecular flexibility index (Phi) is 2.84. The maximum absolute atomic E-state index is 12.1. The van der Waals surface area contributed by atoms with E-state index in [0.29, 0.717) is 5.69 Å². The third-order valence-electron chi connectivity index (χ3n) is 2.86. The number of aliphatic hydroxyl groups is 1. The van der Waals surface area contributed by atoms with Crippen molar-refractivity contribution in [1.29, 1.82) is 0 Å². The molecule has 0 aromatic carbocycles. The van der Waals surface area contributed by atoms with Gasteiger partial charge in [0.15, 0.2) is 0 Å². The molecule has 2 atom stereocenters. The Morgan fingerprint density at radius 3 is 2.76 bits per heavy atom. The number of aryl methyl sites for hydroxylation is 1. The smallest absolute Gasteiger partial charge is 0.326 e. The van der Waals surface area contributed by atoms with Gasteiger partial charge in [-0.05, 0) is 6.07 Å². The molecule has 1 amide bonds. The third-order valence-corrected chi connectivity index (χ3v) is 2.86. The SMILES string of the molecule is Cn1nccc1C(=O)N1CC(O)CC1C(=O)O. The molecule has 1 aromatic heterocycles. The summed E-state index contributed by atoms with van der Waals surface area (Å²) in [6.07, 6.45) is 0.752. The monoisotopic (exact) mass is 239 g/mol. The second kappa shape index (κ2) is 4.17. The van der Waals surface area contributed by atoms with Crippen LogP contribution in [0.4, 0.5) is 0 Å². The maximum atomic E-state index is 12.1. The summed E-state index contributed by atoms with van der Waals surface area (Å²) >= 11 is 0. The van der Waals surface area contributed by atoms with Gasteiger partial charge in [-0.15, -0.1) is 0 Å². The van der Waals surface area contributed by atoms with E-state index in [1.165, 1.54) is 21.8 Å². The van der Waals surface area contributed by atoms with Crippen LogP contribution in [0.3, 0.4) is 0 Å². The first kappa shape index (κ1) is 11.6. The molecule has 7 nitrogen and oxygen atoms in total. The summed E-state index contributed by atoms with van der Waals surface area (Å²) < 4.78 is 1.38. The van der Waals surface area contributed by atoms with Gasteiger partial charge in [-0.25, -0.2) is 4.79 Å². The van der Waals surface area contributed by atoms with Gasteiger partial charge in [0.1, 0.15) is 11.7 Å². The quantitative estimate of drug-likeness (QED) is 0.696. The van der Waals surface area contributed by atoms with Crippen molar-refractivity contribution in [3.63, 3.8) is 0 Å². The van der Waals surface area contributed by atoms with Crippen molar-refractivity contribution < 1.29 is 19.8 Å². The van der Waals surface area contributed by atoms with Crippen LogP contribution in [0.5, 0.6) is 0 Å². The van der Waals surface area contributed by atoms with Gasteiger partial charge in [0.2, 0.25) is 0 Å². The van der Waals surface area contributed by atoms with Crippen LogP contribution >= 0.6 is 0 Å². The number of hydrogen-bond donors (Lipinski definition) is 2. The number of carboxylic acid groups (broad SMARTS) is 1. The zero-order chi connectivity index (χ0) is 12.6. The Morgan fingerprint density at radius 1 is 1.53 bits per heavy atom. The van der Waals surface area contributed by atoms with Crippen LogP contribution in [0.1, 0.15) is 16.9 Å². The normalized spacial score (nSPS) is 24.0. The molecule has 1 aliphatic heterocycles. The molecule has 1 saturated heterocycles. The van der Waals surface area contributed by atoms with Gasteiger partial charge < -0.3 is 15.1 Å². The molecule has 0 radical (unpaired) electrons. The van der Waals surface area contributed by atoms with Gasteiger partial charge in [0.25, 0.3) is 5.91 Å². The number of aromatic nitrogens is 2. The predicted molar refractivity (Wildman–Crippen MR) is 56.3 cm³/mol. The van der Waals surface area contributed by atoms with Gasteiger partial charge in [0, 0.05) is 26.2 Å². The van der Waals surface area contributed by atoms with Gasteiger partial charge >= 0.3 is 5.97 Å². The van der Waals surface area contributed by atoms with E-state index in [1.54, 1.807) is 7.05 Å². The Bertz CT molecular complexity index is 456. The molecule has 7 heteroatoms. The lowest BCUT2D eigenvalue weighted by Crippen LogP contribution is -2.41. The summed E-state index contributed by atoms with van der Waals surface area (Å²) in [6.45, 7) is 0.0426. The molecule has 0 aliphatic carbocycles. The zero-order valence-electron chi connectivity index (χ0n) is 9.28. The van der Waals surface area contributed by atoms with Crippen LogP contribution in [-0.2, 0) is 11.8 Å². The highest BCUT2D eigenvalue weighted by Crippen LogP contribution is 2.20. The number of amides is 1. The molecular weight excluding hydrogens is 226 g/mol. The lowest BCUT2D eigenvalue weighted by atomic mass is 10.2. The topological polar surface area (TPSA) is 95.7 Å². The van der Waals surface area contributed by atoms with Crippen molar-refractivity contribution in [3.8, 4) is 0 Å². The van der Waals surface area contributed by atoms with Gasteiger partial charge in [-0.2, -0.15) is 5.10 Å². The van der Waals surface area contributed by atoms with Crippen LogP contribution in [0.15, 0.2) is 12.3 Å². The minimum absolute atomic E-state index is 0.0426. The minimum Gasteiger partial charge on any atom is -0.480 e. The van der Waals surface area contributed by atoms with Crippen molar-refractivity contribution in [2.75, 3.05) is 6.54 Å². The first-order chi connectivity index (χ1) is 8.00. The Labute approximate surface area is 97.3 Å². The van der Waals surface area contributed by atoms with E-state index in [2.05, 4.69) is 5.10 Å². The number of rotatable bonds is 2. The fraction of sp³-hybridized carbons (Fsp3) is 0.500. The van der Waals surface area contributed by atoms with Crippen LogP contribution < -0.4 is 0 Å². The summed E-state index contributed by atoms with van der Waals surface area (Å²) in [5.74, 6) is -1.52. The van der Waals surface area contributed by atoms with Crippen LogP contribution in [0, 0.1) is 0 Å². The number of carboxylic acids is 1. The summed E-state index contributed by atoms with van der Waals surface area (Å²) in [6, 6.07) is 0.554. The van der Waals surface area contributed by atoms with E-state index in [-0.39, 0.29) is 13.0 Å². The van der Waals surface area contributed by atoms with Crippen molar-refractivity contribution in [3.05, 3.63) is 18.0 Å². The van der Waals surface area contributed by atoms with Crippen molar-refractivity contribution in [1.82, 2.24) is 14.7 Å². The van der Waals surface area contributed by atoms with E-state index >= 15 is 0 Å². The molecular formula is C10H13N3O4. The lowest BCUT2D eigenvalue weighted by Gasteiger charge is -2.20. The summed E-state index contributed by atoms with van der Waals surface area (Å²) in [7, 11) is 1.61. The van der Waals surface area contributed by atoms with Gasteiger partial charge in [0.05, 0.1) is 6.10 Å². The fourth-order valence-electron chi connectivity index (χ4n) is 2.00. The third kappa shape index (κ3) is 2.01. The highest BCUT2D eigenvalue weighted by Gasteiger charge is 2.39. The van der Waals surface area contributed by atoms with Gasteiger partial charge in [-0.1, -0.05) is 0 Å². The van der Waals surface area contributed by atoms with E-state index in [0.717, 1.165) is 0 Å². The number of aliphatic hydroxyl groups excluding tert-OH is 1. The summed E-state index contributed by atoms with van der Waals surface area (Å²) in [5, 5.41) is 22.3.